The Kier molecular flexibility index (Phi) is 3.56. The number of nitrogens with zero attached hydrogens (tertiary/aromatic N) is 2. The Morgan fingerprint density at radius 2 is 1.90 bits per heavy atom. The molecule has 1 aromatic heterocycles. The van der Waals surface area contributed by atoms with Crippen LogP contribution in [-0.2, 0) is 0 Å². The van der Waals surface area contributed by atoms with Gasteiger partial charge in [0.2, 0.25) is 5.95 Å². The molecule has 3 rings (SSSR count). The summed E-state index contributed by atoms with van der Waals surface area (Å²) in [4.78, 5) is 4.39. The minimum absolute atomic E-state index is 0.794. The first-order valence-electron chi connectivity index (χ1n) is 6.36. The number of benzene rings is 2. The maximum atomic E-state index is 4.39. The highest BCUT2D eigenvalue weighted by Gasteiger charge is 2.08. The summed E-state index contributed by atoms with van der Waals surface area (Å²) < 4.78 is 3.07. The van der Waals surface area contributed by atoms with Gasteiger partial charge in [-0.3, -0.25) is 4.57 Å². The van der Waals surface area contributed by atoms with E-state index in [0.29, 0.717) is 0 Å². The van der Waals surface area contributed by atoms with E-state index in [9.17, 15) is 0 Å². The highest BCUT2D eigenvalue weighted by Crippen LogP contribution is 2.26. The molecule has 0 saturated carbocycles. The van der Waals surface area contributed by atoms with Gasteiger partial charge < -0.3 is 5.32 Å². The van der Waals surface area contributed by atoms with E-state index in [2.05, 4.69) is 51.4 Å². The molecule has 2 aromatic carbocycles. The van der Waals surface area contributed by atoms with Crippen molar-refractivity contribution in [1.29, 1.82) is 0 Å². The fraction of sp³-hybridized carbons (Fsp3) is 0.0625. The zero-order valence-corrected chi connectivity index (χ0v) is 12.6. The van der Waals surface area contributed by atoms with E-state index >= 15 is 0 Å². The standard InChI is InChI=1S/C16H14BrN3/c1-12-7-8-14(17)15(11-12)20-10-9-18-16(20)19-13-5-3-2-4-6-13/h2-11H,1H3,(H,18,19). The summed E-state index contributed by atoms with van der Waals surface area (Å²) in [6.07, 6.45) is 3.74. The number of nitrogens with one attached hydrogen (secondary N) is 1. The summed E-state index contributed by atoms with van der Waals surface area (Å²) in [5.41, 5.74) is 3.30. The lowest BCUT2D eigenvalue weighted by Crippen LogP contribution is -2.02. The van der Waals surface area contributed by atoms with E-state index in [1.165, 1.54) is 5.56 Å². The zero-order valence-electron chi connectivity index (χ0n) is 11.0. The van der Waals surface area contributed by atoms with Crippen LogP contribution < -0.4 is 5.32 Å². The number of halogens is 1. The SMILES string of the molecule is Cc1ccc(Br)c(-n2ccnc2Nc2ccccc2)c1. The van der Waals surface area contributed by atoms with Gasteiger partial charge >= 0.3 is 0 Å². The van der Waals surface area contributed by atoms with Crippen molar-refractivity contribution in [1.82, 2.24) is 9.55 Å². The minimum atomic E-state index is 0.794. The lowest BCUT2D eigenvalue weighted by atomic mass is 10.2. The fourth-order valence-corrected chi connectivity index (χ4v) is 2.49. The monoisotopic (exact) mass is 327 g/mol. The van der Waals surface area contributed by atoms with Gasteiger partial charge in [-0.25, -0.2) is 4.98 Å². The van der Waals surface area contributed by atoms with Gasteiger partial charge in [0.1, 0.15) is 0 Å². The van der Waals surface area contributed by atoms with Crippen LogP contribution >= 0.6 is 15.9 Å². The first-order chi connectivity index (χ1) is 9.74. The number of aromatic nitrogens is 2. The van der Waals surface area contributed by atoms with E-state index in [-0.39, 0.29) is 0 Å². The third-order valence-electron chi connectivity index (χ3n) is 3.03. The number of rotatable bonds is 3. The van der Waals surface area contributed by atoms with E-state index in [1.54, 1.807) is 6.20 Å². The fourth-order valence-electron chi connectivity index (χ4n) is 2.05. The lowest BCUT2D eigenvalue weighted by molar-refractivity contribution is 1.05. The van der Waals surface area contributed by atoms with Crippen LogP contribution in [0.5, 0.6) is 0 Å². The molecule has 3 aromatic rings. The van der Waals surface area contributed by atoms with Crippen LogP contribution in [0.1, 0.15) is 5.56 Å². The van der Waals surface area contributed by atoms with E-state index < -0.39 is 0 Å². The van der Waals surface area contributed by atoms with Crippen molar-refractivity contribution in [2.75, 3.05) is 5.32 Å². The van der Waals surface area contributed by atoms with Crippen LogP contribution in [-0.4, -0.2) is 9.55 Å². The van der Waals surface area contributed by atoms with E-state index in [1.807, 2.05) is 41.1 Å². The average molecular weight is 328 g/mol. The molecule has 4 heteroatoms. The molecule has 0 fully saturated rings. The van der Waals surface area contributed by atoms with Gasteiger partial charge in [-0.1, -0.05) is 24.3 Å². The molecule has 3 nitrogen and oxygen atoms in total. The van der Waals surface area contributed by atoms with Crippen molar-refractivity contribution >= 4 is 27.6 Å². The maximum absolute atomic E-state index is 4.39. The largest absolute Gasteiger partial charge is 0.325 e. The van der Waals surface area contributed by atoms with Crippen LogP contribution in [0.4, 0.5) is 11.6 Å². The second-order valence-corrected chi connectivity index (χ2v) is 5.42. The molecule has 0 aliphatic rings. The Balaban J connectivity index is 2.00. The maximum Gasteiger partial charge on any atom is 0.212 e. The van der Waals surface area contributed by atoms with Crippen LogP contribution in [0.25, 0.3) is 5.69 Å². The second kappa shape index (κ2) is 5.51. The van der Waals surface area contributed by atoms with Gasteiger partial charge in [-0.15, -0.1) is 0 Å². The van der Waals surface area contributed by atoms with Crippen LogP contribution in [0.3, 0.4) is 0 Å². The molecule has 0 radical (unpaired) electrons. The predicted molar refractivity (Wildman–Crippen MR) is 85.7 cm³/mol. The minimum Gasteiger partial charge on any atom is -0.325 e. The van der Waals surface area contributed by atoms with E-state index in [4.69, 9.17) is 0 Å². The molecule has 1 heterocycles. The first-order valence-corrected chi connectivity index (χ1v) is 7.15. The summed E-state index contributed by atoms with van der Waals surface area (Å²) in [6.45, 7) is 2.08. The van der Waals surface area contributed by atoms with Crippen molar-refractivity contribution < 1.29 is 0 Å². The van der Waals surface area contributed by atoms with Crippen LogP contribution in [0.2, 0.25) is 0 Å². The topological polar surface area (TPSA) is 29.9 Å². The van der Waals surface area contributed by atoms with Crippen LogP contribution in [0, 0.1) is 6.92 Å². The molecule has 0 aliphatic heterocycles. The molecule has 20 heavy (non-hydrogen) atoms. The number of hydrogen-bond acceptors (Lipinski definition) is 2. The predicted octanol–water partition coefficient (Wildman–Crippen LogP) is 4.69. The van der Waals surface area contributed by atoms with Gasteiger partial charge in [-0.05, 0) is 52.7 Å². The summed E-state index contributed by atoms with van der Waals surface area (Å²) in [5, 5.41) is 3.33. The second-order valence-electron chi connectivity index (χ2n) is 4.57. The normalized spacial score (nSPS) is 10.5. The number of para-hydroxylation sites is 1. The first kappa shape index (κ1) is 12.9. The van der Waals surface area contributed by atoms with Crippen molar-refractivity contribution in [2.24, 2.45) is 0 Å². The zero-order chi connectivity index (χ0) is 13.9. The van der Waals surface area contributed by atoms with Crippen molar-refractivity contribution in [2.45, 2.75) is 6.92 Å². The Hall–Kier alpha value is -2.07. The summed E-state index contributed by atoms with van der Waals surface area (Å²) in [5.74, 6) is 0.794. The van der Waals surface area contributed by atoms with Gasteiger partial charge in [0, 0.05) is 22.6 Å². The Morgan fingerprint density at radius 3 is 2.70 bits per heavy atom. The molecular formula is C16H14BrN3. The number of hydrogen-bond donors (Lipinski definition) is 1. The molecular weight excluding hydrogens is 314 g/mol. The van der Waals surface area contributed by atoms with Gasteiger partial charge in [0.25, 0.3) is 0 Å². The highest BCUT2D eigenvalue weighted by molar-refractivity contribution is 9.10. The smallest absolute Gasteiger partial charge is 0.212 e. The molecule has 100 valence electrons. The average Bonchev–Trinajstić information content (AvgIpc) is 2.91. The summed E-state index contributed by atoms with van der Waals surface area (Å²) >= 11 is 3.60. The van der Waals surface area contributed by atoms with Crippen molar-refractivity contribution in [3.05, 3.63) is 71.0 Å². The molecule has 0 spiro atoms. The van der Waals surface area contributed by atoms with Gasteiger partial charge in [0.15, 0.2) is 0 Å². The van der Waals surface area contributed by atoms with Crippen molar-refractivity contribution in [3.8, 4) is 5.69 Å². The molecule has 0 amide bonds. The number of imidazole rings is 1. The Labute approximate surface area is 126 Å². The third kappa shape index (κ3) is 2.60. The lowest BCUT2D eigenvalue weighted by Gasteiger charge is -2.12. The molecule has 0 atom stereocenters. The molecule has 1 N–H and O–H groups in total. The van der Waals surface area contributed by atoms with Gasteiger partial charge in [-0.2, -0.15) is 0 Å². The van der Waals surface area contributed by atoms with E-state index in [0.717, 1.165) is 21.8 Å². The summed E-state index contributed by atoms with van der Waals surface area (Å²) in [6, 6.07) is 16.3. The van der Waals surface area contributed by atoms with Crippen molar-refractivity contribution in [3.63, 3.8) is 0 Å². The number of aryl methyl sites for hydroxylation is 1. The Morgan fingerprint density at radius 1 is 1.10 bits per heavy atom. The number of anilines is 2. The summed E-state index contributed by atoms with van der Waals surface area (Å²) in [7, 11) is 0. The van der Waals surface area contributed by atoms with Crippen LogP contribution in [0.15, 0.2) is 65.4 Å². The van der Waals surface area contributed by atoms with Gasteiger partial charge in [0.05, 0.1) is 5.69 Å². The highest BCUT2D eigenvalue weighted by atomic mass is 79.9. The Bertz CT molecular complexity index is 720. The molecule has 0 aliphatic carbocycles. The molecule has 0 bridgehead atoms. The molecule has 0 unspecified atom stereocenters. The third-order valence-corrected chi connectivity index (χ3v) is 3.70. The molecule has 0 saturated heterocycles. The quantitative estimate of drug-likeness (QED) is 0.756.